The van der Waals surface area contributed by atoms with Crippen LogP contribution in [0.3, 0.4) is 0 Å². The van der Waals surface area contributed by atoms with Gasteiger partial charge in [-0.25, -0.2) is 0 Å². The largest absolute Gasteiger partial charge is 0.381 e. The molecule has 1 aromatic heterocycles. The molecule has 3 aliphatic rings. The molecule has 2 aliphatic heterocycles. The van der Waals surface area contributed by atoms with Crippen molar-refractivity contribution in [3.8, 4) is 0 Å². The summed E-state index contributed by atoms with van der Waals surface area (Å²) in [4.78, 5) is 9.38. The molecule has 1 atom stereocenters. The van der Waals surface area contributed by atoms with E-state index in [2.05, 4.69) is 27.9 Å². The lowest BCUT2D eigenvalue weighted by Crippen LogP contribution is -2.44. The summed E-state index contributed by atoms with van der Waals surface area (Å²) in [6, 6.07) is 4.23. The summed E-state index contributed by atoms with van der Waals surface area (Å²) in [5.74, 6) is 1.60. The van der Waals surface area contributed by atoms with E-state index in [0.717, 1.165) is 31.6 Å². The summed E-state index contributed by atoms with van der Waals surface area (Å²) in [5, 5.41) is 0. The maximum Gasteiger partial charge on any atom is 0.0512 e. The zero-order valence-corrected chi connectivity index (χ0v) is 15.0. The third-order valence-corrected chi connectivity index (χ3v) is 6.33. The molecule has 0 bridgehead atoms. The van der Waals surface area contributed by atoms with E-state index in [1.807, 2.05) is 18.5 Å². The Morgan fingerprint density at radius 3 is 2.79 bits per heavy atom. The first-order valence-corrected chi connectivity index (χ1v) is 9.61. The standard InChI is InChI=1S/C20H31N3O/c1-22-13-19(15-24-14-17-4-5-17)20(16-22)6-9-23(10-7-20)12-18-3-2-8-21-11-18/h2-3,8,11,17,19H,4-7,9-10,12-16H2,1H3/t19-/m1/s1. The molecule has 4 heteroatoms. The van der Waals surface area contributed by atoms with E-state index < -0.39 is 0 Å². The molecule has 2 saturated heterocycles. The van der Waals surface area contributed by atoms with Gasteiger partial charge in [0.05, 0.1) is 6.61 Å². The van der Waals surface area contributed by atoms with Gasteiger partial charge < -0.3 is 9.64 Å². The lowest BCUT2D eigenvalue weighted by Gasteiger charge is -2.42. The summed E-state index contributed by atoms with van der Waals surface area (Å²) in [7, 11) is 2.28. The molecule has 1 aliphatic carbocycles. The second kappa shape index (κ2) is 7.11. The topological polar surface area (TPSA) is 28.6 Å². The third-order valence-electron chi connectivity index (χ3n) is 6.33. The molecule has 0 aromatic carbocycles. The van der Waals surface area contributed by atoms with E-state index in [0.29, 0.717) is 5.41 Å². The maximum absolute atomic E-state index is 6.09. The first kappa shape index (κ1) is 16.5. The molecule has 1 spiro atoms. The molecular formula is C20H31N3O. The smallest absolute Gasteiger partial charge is 0.0512 e. The second-order valence-electron chi connectivity index (χ2n) is 8.37. The Kier molecular flexibility index (Phi) is 4.88. The zero-order chi connectivity index (χ0) is 16.4. The van der Waals surface area contributed by atoms with Gasteiger partial charge in [-0.3, -0.25) is 9.88 Å². The van der Waals surface area contributed by atoms with Crippen LogP contribution >= 0.6 is 0 Å². The Morgan fingerprint density at radius 2 is 2.08 bits per heavy atom. The van der Waals surface area contributed by atoms with Crippen LogP contribution in [-0.4, -0.2) is 61.2 Å². The number of ether oxygens (including phenoxy) is 1. The number of likely N-dealkylation sites (tertiary alicyclic amines) is 2. The van der Waals surface area contributed by atoms with Gasteiger partial charge in [-0.2, -0.15) is 0 Å². The number of hydrogen-bond donors (Lipinski definition) is 0. The number of rotatable bonds is 6. The molecule has 0 amide bonds. The molecule has 4 rings (SSSR count). The van der Waals surface area contributed by atoms with Crippen molar-refractivity contribution in [1.29, 1.82) is 0 Å². The lowest BCUT2D eigenvalue weighted by molar-refractivity contribution is 0.0167. The van der Waals surface area contributed by atoms with Crippen LogP contribution in [0.2, 0.25) is 0 Å². The van der Waals surface area contributed by atoms with Crippen molar-refractivity contribution in [2.24, 2.45) is 17.3 Å². The monoisotopic (exact) mass is 329 g/mol. The fourth-order valence-corrected chi connectivity index (χ4v) is 4.66. The molecule has 1 aromatic rings. The lowest BCUT2D eigenvalue weighted by atomic mass is 9.71. The van der Waals surface area contributed by atoms with Crippen molar-refractivity contribution in [3.63, 3.8) is 0 Å². The quantitative estimate of drug-likeness (QED) is 0.802. The summed E-state index contributed by atoms with van der Waals surface area (Å²) < 4.78 is 6.09. The molecule has 0 N–H and O–H groups in total. The first-order valence-electron chi connectivity index (χ1n) is 9.61. The van der Waals surface area contributed by atoms with E-state index in [9.17, 15) is 0 Å². The summed E-state index contributed by atoms with van der Waals surface area (Å²) in [6.07, 6.45) is 9.26. The molecule has 0 unspecified atom stereocenters. The highest BCUT2D eigenvalue weighted by Crippen LogP contribution is 2.44. The van der Waals surface area contributed by atoms with E-state index in [1.54, 1.807) is 0 Å². The predicted octanol–water partition coefficient (Wildman–Crippen LogP) is 2.65. The first-order chi connectivity index (χ1) is 11.7. The summed E-state index contributed by atoms with van der Waals surface area (Å²) in [6.45, 7) is 7.91. The Bertz CT molecular complexity index is 523. The van der Waals surface area contributed by atoms with Crippen molar-refractivity contribution >= 4 is 0 Å². The maximum atomic E-state index is 6.09. The number of piperidine rings is 1. The van der Waals surface area contributed by atoms with Gasteiger partial charge in [-0.15, -0.1) is 0 Å². The van der Waals surface area contributed by atoms with E-state index in [-0.39, 0.29) is 0 Å². The van der Waals surface area contributed by atoms with Crippen LogP contribution < -0.4 is 0 Å². The average molecular weight is 329 g/mol. The number of aromatic nitrogens is 1. The van der Waals surface area contributed by atoms with Crippen LogP contribution in [0.25, 0.3) is 0 Å². The Balaban J connectivity index is 1.31. The Morgan fingerprint density at radius 1 is 1.25 bits per heavy atom. The molecule has 4 nitrogen and oxygen atoms in total. The molecule has 3 heterocycles. The fraction of sp³-hybridized carbons (Fsp3) is 0.750. The minimum Gasteiger partial charge on any atom is -0.381 e. The van der Waals surface area contributed by atoms with Gasteiger partial charge in [0.15, 0.2) is 0 Å². The van der Waals surface area contributed by atoms with Crippen LogP contribution in [0.4, 0.5) is 0 Å². The van der Waals surface area contributed by atoms with Crippen LogP contribution in [0, 0.1) is 17.3 Å². The van der Waals surface area contributed by atoms with Crippen molar-refractivity contribution in [1.82, 2.24) is 14.8 Å². The van der Waals surface area contributed by atoms with Crippen molar-refractivity contribution < 1.29 is 4.74 Å². The Labute approximate surface area is 146 Å². The molecule has 3 fully saturated rings. The highest BCUT2D eigenvalue weighted by atomic mass is 16.5. The third kappa shape index (κ3) is 3.81. The van der Waals surface area contributed by atoms with E-state index in [4.69, 9.17) is 4.74 Å². The summed E-state index contributed by atoms with van der Waals surface area (Å²) in [5.41, 5.74) is 1.82. The van der Waals surface area contributed by atoms with Gasteiger partial charge in [-0.05, 0) is 68.8 Å². The van der Waals surface area contributed by atoms with Crippen molar-refractivity contribution in [3.05, 3.63) is 30.1 Å². The minimum atomic E-state index is 0.490. The molecule has 24 heavy (non-hydrogen) atoms. The molecule has 1 saturated carbocycles. The predicted molar refractivity (Wildman–Crippen MR) is 95.7 cm³/mol. The minimum absolute atomic E-state index is 0.490. The van der Waals surface area contributed by atoms with Gasteiger partial charge in [0.25, 0.3) is 0 Å². The Hall–Kier alpha value is -0.970. The number of pyridine rings is 1. The zero-order valence-electron chi connectivity index (χ0n) is 15.0. The second-order valence-corrected chi connectivity index (χ2v) is 8.37. The molecular weight excluding hydrogens is 298 g/mol. The highest BCUT2D eigenvalue weighted by Gasteiger charge is 2.46. The molecule has 0 radical (unpaired) electrons. The number of nitrogens with zero attached hydrogens (tertiary/aromatic N) is 3. The van der Waals surface area contributed by atoms with E-state index in [1.165, 1.54) is 57.4 Å². The normalized spacial score (nSPS) is 27.8. The SMILES string of the molecule is CN1C[C@H](COCC2CC2)C2(CCN(Cc3cccnc3)CC2)C1. The van der Waals surface area contributed by atoms with Crippen LogP contribution in [0.1, 0.15) is 31.2 Å². The van der Waals surface area contributed by atoms with Crippen molar-refractivity contribution in [2.75, 3.05) is 46.4 Å². The van der Waals surface area contributed by atoms with Crippen LogP contribution in [-0.2, 0) is 11.3 Å². The van der Waals surface area contributed by atoms with Gasteiger partial charge in [-0.1, -0.05) is 6.07 Å². The average Bonchev–Trinajstić information content (AvgIpc) is 3.36. The fourth-order valence-electron chi connectivity index (χ4n) is 4.66. The number of hydrogen-bond acceptors (Lipinski definition) is 4. The van der Waals surface area contributed by atoms with Crippen molar-refractivity contribution in [2.45, 2.75) is 32.2 Å². The summed E-state index contributed by atoms with van der Waals surface area (Å²) >= 11 is 0. The molecule has 132 valence electrons. The van der Waals surface area contributed by atoms with Crippen LogP contribution in [0.5, 0.6) is 0 Å². The van der Waals surface area contributed by atoms with E-state index >= 15 is 0 Å². The van der Waals surface area contributed by atoms with Gasteiger partial charge in [0.1, 0.15) is 0 Å². The van der Waals surface area contributed by atoms with Gasteiger partial charge in [0, 0.05) is 44.6 Å². The highest BCUT2D eigenvalue weighted by molar-refractivity contribution is 5.09. The van der Waals surface area contributed by atoms with Gasteiger partial charge in [0.2, 0.25) is 0 Å². The van der Waals surface area contributed by atoms with Gasteiger partial charge >= 0.3 is 0 Å². The van der Waals surface area contributed by atoms with Crippen LogP contribution in [0.15, 0.2) is 24.5 Å².